The number of carbonyl (C=O) groups excluding carboxylic acids is 3. The number of esters is 1. The molecule has 0 saturated heterocycles. The van der Waals surface area contributed by atoms with Gasteiger partial charge in [0.2, 0.25) is 0 Å². The lowest BCUT2D eigenvalue weighted by atomic mass is 10.1. The zero-order valence-corrected chi connectivity index (χ0v) is 12.2. The van der Waals surface area contributed by atoms with Gasteiger partial charge in [-0.1, -0.05) is 0 Å². The summed E-state index contributed by atoms with van der Waals surface area (Å²) in [5.41, 5.74) is 2.32. The largest absolute Gasteiger partial charge is 0.464 e. The second-order valence-corrected chi connectivity index (χ2v) is 3.96. The molecular weight excluding hydrogens is 282 g/mol. The number of hydrogen-bond acceptors (Lipinski definition) is 7. The van der Waals surface area contributed by atoms with Crippen LogP contribution in [0.25, 0.3) is 0 Å². The van der Waals surface area contributed by atoms with Crippen molar-refractivity contribution in [2.45, 2.75) is 26.3 Å². The van der Waals surface area contributed by atoms with Crippen LogP contribution in [0.1, 0.15) is 20.3 Å². The van der Waals surface area contributed by atoms with E-state index in [0.29, 0.717) is 13.0 Å². The maximum absolute atomic E-state index is 12.0. The molecule has 1 aliphatic rings. The fourth-order valence-electron chi connectivity index (χ4n) is 1.81. The first-order chi connectivity index (χ1) is 10.0. The van der Waals surface area contributed by atoms with Crippen molar-refractivity contribution in [2.75, 3.05) is 26.9 Å². The normalized spacial score (nSPS) is 16.7. The van der Waals surface area contributed by atoms with Crippen molar-refractivity contribution in [3.8, 4) is 0 Å². The van der Waals surface area contributed by atoms with Gasteiger partial charge in [0.15, 0.2) is 0 Å². The molecule has 118 valence electrons. The van der Waals surface area contributed by atoms with E-state index in [9.17, 15) is 14.4 Å². The predicted molar refractivity (Wildman–Crippen MR) is 71.7 cm³/mol. The second kappa shape index (κ2) is 8.08. The minimum absolute atomic E-state index is 0.0577. The van der Waals surface area contributed by atoms with Crippen LogP contribution in [-0.4, -0.2) is 61.8 Å². The van der Waals surface area contributed by atoms with E-state index in [0.717, 1.165) is 5.01 Å². The number of nitrogens with zero attached hydrogens (tertiary/aromatic N) is 2. The Morgan fingerprint density at radius 2 is 1.95 bits per heavy atom. The highest BCUT2D eigenvalue weighted by Gasteiger charge is 2.37. The van der Waals surface area contributed by atoms with Gasteiger partial charge in [-0.3, -0.25) is 4.99 Å². The van der Waals surface area contributed by atoms with Gasteiger partial charge in [0, 0.05) is 6.54 Å². The van der Waals surface area contributed by atoms with Crippen molar-refractivity contribution in [1.82, 2.24) is 10.4 Å². The van der Waals surface area contributed by atoms with Crippen LogP contribution >= 0.6 is 0 Å². The van der Waals surface area contributed by atoms with Crippen LogP contribution in [-0.2, 0) is 19.0 Å². The standard InChI is InChI=1S/C12H19N3O6/c1-4-20-11(17)14-15(12(18)21-5-2)8-6-7-13-9(8)10(16)19-3/h8H,4-7H2,1-3H3,(H,14,17)/t8-/m1/s1. The summed E-state index contributed by atoms with van der Waals surface area (Å²) in [4.78, 5) is 39.1. The highest BCUT2D eigenvalue weighted by Crippen LogP contribution is 2.14. The summed E-state index contributed by atoms with van der Waals surface area (Å²) < 4.78 is 14.2. The molecule has 9 nitrogen and oxygen atoms in total. The molecule has 2 amide bonds. The van der Waals surface area contributed by atoms with E-state index >= 15 is 0 Å². The summed E-state index contributed by atoms with van der Waals surface area (Å²) in [6.07, 6.45) is -1.24. The van der Waals surface area contributed by atoms with Crippen LogP contribution in [0.3, 0.4) is 0 Å². The van der Waals surface area contributed by atoms with E-state index in [2.05, 4.69) is 15.2 Å². The Morgan fingerprint density at radius 1 is 1.29 bits per heavy atom. The number of aliphatic imine (C=N–C) groups is 1. The molecule has 1 atom stereocenters. The molecule has 0 fully saturated rings. The van der Waals surface area contributed by atoms with E-state index < -0.39 is 24.2 Å². The van der Waals surface area contributed by atoms with Crippen LogP contribution in [0.2, 0.25) is 0 Å². The third-order valence-electron chi connectivity index (χ3n) is 2.66. The number of hydrazine groups is 1. The highest BCUT2D eigenvalue weighted by atomic mass is 16.6. The zero-order chi connectivity index (χ0) is 15.8. The maximum atomic E-state index is 12.0. The van der Waals surface area contributed by atoms with Gasteiger partial charge in [0.1, 0.15) is 11.8 Å². The number of hydrogen-bond donors (Lipinski definition) is 1. The summed E-state index contributed by atoms with van der Waals surface area (Å²) in [6.45, 7) is 3.87. The molecule has 1 rings (SSSR count). The summed E-state index contributed by atoms with van der Waals surface area (Å²) in [6, 6.07) is -0.749. The maximum Gasteiger partial charge on any atom is 0.429 e. The lowest BCUT2D eigenvalue weighted by Crippen LogP contribution is -2.55. The van der Waals surface area contributed by atoms with Gasteiger partial charge in [-0.2, -0.15) is 0 Å². The summed E-state index contributed by atoms with van der Waals surface area (Å²) >= 11 is 0. The number of rotatable bonds is 4. The van der Waals surface area contributed by atoms with Gasteiger partial charge in [0.25, 0.3) is 0 Å². The fraction of sp³-hybridized carbons (Fsp3) is 0.667. The number of carbonyl (C=O) groups is 3. The van der Waals surface area contributed by atoms with E-state index in [1.807, 2.05) is 0 Å². The molecule has 0 aromatic heterocycles. The highest BCUT2D eigenvalue weighted by molar-refractivity contribution is 6.39. The van der Waals surface area contributed by atoms with Crippen molar-refractivity contribution in [3.63, 3.8) is 0 Å². The second-order valence-electron chi connectivity index (χ2n) is 3.96. The molecule has 0 aromatic rings. The molecule has 1 N–H and O–H groups in total. The third-order valence-corrected chi connectivity index (χ3v) is 2.66. The number of nitrogens with one attached hydrogen (secondary N) is 1. The molecule has 1 aliphatic heterocycles. The SMILES string of the molecule is CCOC(=O)NN(C(=O)OCC)[C@@H]1CCN=C1C(=O)OC. The molecule has 0 bridgehead atoms. The van der Waals surface area contributed by atoms with Gasteiger partial charge < -0.3 is 14.2 Å². The molecule has 21 heavy (non-hydrogen) atoms. The Bertz CT molecular complexity index is 437. The quantitative estimate of drug-likeness (QED) is 0.460. The lowest BCUT2D eigenvalue weighted by Gasteiger charge is -2.27. The Kier molecular flexibility index (Phi) is 6.44. The summed E-state index contributed by atoms with van der Waals surface area (Å²) in [5.74, 6) is -0.655. The fourth-order valence-corrected chi connectivity index (χ4v) is 1.81. The lowest BCUT2D eigenvalue weighted by molar-refractivity contribution is -0.133. The summed E-state index contributed by atoms with van der Waals surface area (Å²) in [7, 11) is 1.22. The number of ether oxygens (including phenoxy) is 3. The molecule has 0 saturated carbocycles. The van der Waals surface area contributed by atoms with Crippen LogP contribution in [0.4, 0.5) is 9.59 Å². The van der Waals surface area contributed by atoms with Crippen LogP contribution in [0.15, 0.2) is 4.99 Å². The van der Waals surface area contributed by atoms with Gasteiger partial charge in [-0.25, -0.2) is 24.8 Å². The Labute approximate surface area is 122 Å². The van der Waals surface area contributed by atoms with E-state index in [1.165, 1.54) is 7.11 Å². The molecule has 1 heterocycles. The van der Waals surface area contributed by atoms with Crippen molar-refractivity contribution >= 4 is 23.9 Å². The minimum atomic E-state index is -0.818. The monoisotopic (exact) mass is 301 g/mol. The molecule has 0 unspecified atom stereocenters. The molecule has 0 aliphatic carbocycles. The first-order valence-electron chi connectivity index (χ1n) is 6.57. The van der Waals surface area contributed by atoms with E-state index in [-0.39, 0.29) is 18.9 Å². The van der Waals surface area contributed by atoms with Gasteiger partial charge in [-0.15, -0.1) is 0 Å². The van der Waals surface area contributed by atoms with E-state index in [1.54, 1.807) is 13.8 Å². The van der Waals surface area contributed by atoms with Crippen molar-refractivity contribution < 1.29 is 28.6 Å². The third kappa shape index (κ3) is 4.33. The average molecular weight is 301 g/mol. The van der Waals surface area contributed by atoms with Crippen molar-refractivity contribution in [3.05, 3.63) is 0 Å². The Hall–Kier alpha value is -2.32. The van der Waals surface area contributed by atoms with Crippen molar-refractivity contribution in [1.29, 1.82) is 0 Å². The van der Waals surface area contributed by atoms with Gasteiger partial charge in [0.05, 0.1) is 20.3 Å². The Morgan fingerprint density at radius 3 is 2.52 bits per heavy atom. The topological polar surface area (TPSA) is 107 Å². The first kappa shape index (κ1) is 16.7. The molecular formula is C12H19N3O6. The molecule has 0 spiro atoms. The van der Waals surface area contributed by atoms with Crippen LogP contribution in [0, 0.1) is 0 Å². The smallest absolute Gasteiger partial charge is 0.429 e. The molecule has 0 aromatic carbocycles. The predicted octanol–water partition coefficient (Wildman–Crippen LogP) is 0.492. The van der Waals surface area contributed by atoms with Crippen molar-refractivity contribution in [2.24, 2.45) is 4.99 Å². The van der Waals surface area contributed by atoms with Gasteiger partial charge >= 0.3 is 18.2 Å². The summed E-state index contributed by atoms with van der Waals surface area (Å²) in [5, 5.41) is 0.907. The van der Waals surface area contributed by atoms with Crippen LogP contribution < -0.4 is 5.43 Å². The zero-order valence-electron chi connectivity index (χ0n) is 12.2. The Balaban J connectivity index is 2.90. The number of methoxy groups -OCH3 is 1. The molecule has 0 radical (unpaired) electrons. The van der Waals surface area contributed by atoms with Gasteiger partial charge in [-0.05, 0) is 20.3 Å². The van der Waals surface area contributed by atoms with E-state index in [4.69, 9.17) is 9.47 Å². The molecule has 9 heteroatoms. The first-order valence-corrected chi connectivity index (χ1v) is 6.57. The van der Waals surface area contributed by atoms with Crippen LogP contribution in [0.5, 0.6) is 0 Å². The average Bonchev–Trinajstić information content (AvgIpc) is 2.93. The minimum Gasteiger partial charge on any atom is -0.464 e. The number of amides is 2.